The zero-order chi connectivity index (χ0) is 18.5. The maximum atomic E-state index is 13.2. The quantitative estimate of drug-likeness (QED) is 0.786. The van der Waals surface area contributed by atoms with Crippen molar-refractivity contribution in [3.8, 4) is 0 Å². The molecule has 7 heteroatoms. The standard InChI is InChI=1S/C19H30N4O3/c1-3-14-8-4-6-11-22(14)19(25)17-21-16(18(24)20-10-13-26-2)15-9-5-7-12-23(15)17/h14H,3-13H2,1-2H3,(H,20,24). The van der Waals surface area contributed by atoms with Crippen molar-refractivity contribution in [2.75, 3.05) is 26.8 Å². The fourth-order valence-corrected chi connectivity index (χ4v) is 4.06. The van der Waals surface area contributed by atoms with Gasteiger partial charge in [-0.1, -0.05) is 6.92 Å². The lowest BCUT2D eigenvalue weighted by Crippen LogP contribution is -2.44. The van der Waals surface area contributed by atoms with Gasteiger partial charge in [-0.3, -0.25) is 9.59 Å². The molecule has 3 heterocycles. The van der Waals surface area contributed by atoms with E-state index in [9.17, 15) is 9.59 Å². The van der Waals surface area contributed by atoms with Crippen LogP contribution in [0.15, 0.2) is 0 Å². The number of rotatable bonds is 6. The Balaban J connectivity index is 1.87. The number of likely N-dealkylation sites (tertiary alicyclic amines) is 1. The summed E-state index contributed by atoms with van der Waals surface area (Å²) < 4.78 is 6.97. The molecule has 1 aromatic rings. The first-order valence-electron chi connectivity index (χ1n) is 9.84. The van der Waals surface area contributed by atoms with E-state index in [0.29, 0.717) is 24.7 Å². The lowest BCUT2D eigenvalue weighted by atomic mass is 10.00. The van der Waals surface area contributed by atoms with Crippen molar-refractivity contribution in [1.82, 2.24) is 19.8 Å². The maximum absolute atomic E-state index is 13.2. The molecule has 0 aromatic carbocycles. The zero-order valence-corrected chi connectivity index (χ0v) is 15.9. The van der Waals surface area contributed by atoms with Gasteiger partial charge >= 0.3 is 0 Å². The van der Waals surface area contributed by atoms with Gasteiger partial charge in [0.15, 0.2) is 5.82 Å². The number of aromatic nitrogens is 2. The first kappa shape index (κ1) is 18.9. The molecule has 2 aliphatic heterocycles. The molecule has 26 heavy (non-hydrogen) atoms. The van der Waals surface area contributed by atoms with E-state index in [2.05, 4.69) is 17.2 Å². The molecule has 1 aromatic heterocycles. The number of nitrogens with one attached hydrogen (secondary N) is 1. The summed E-state index contributed by atoms with van der Waals surface area (Å²) >= 11 is 0. The van der Waals surface area contributed by atoms with Crippen molar-refractivity contribution in [2.24, 2.45) is 0 Å². The predicted molar refractivity (Wildman–Crippen MR) is 98.3 cm³/mol. The highest BCUT2D eigenvalue weighted by Crippen LogP contribution is 2.25. The van der Waals surface area contributed by atoms with Crippen LogP contribution in [0.25, 0.3) is 0 Å². The summed E-state index contributed by atoms with van der Waals surface area (Å²) in [6, 6.07) is 0.284. The fourth-order valence-electron chi connectivity index (χ4n) is 4.06. The van der Waals surface area contributed by atoms with Gasteiger partial charge in [0.2, 0.25) is 0 Å². The SMILES string of the molecule is CCC1CCCCN1C(=O)c1nc(C(=O)NCCOC)c2n1CCCC2. The summed E-state index contributed by atoms with van der Waals surface area (Å²) in [5, 5.41) is 2.84. The zero-order valence-electron chi connectivity index (χ0n) is 15.9. The van der Waals surface area contributed by atoms with Gasteiger partial charge in [-0.25, -0.2) is 4.98 Å². The molecule has 3 rings (SSSR count). The number of piperidine rings is 1. The van der Waals surface area contributed by atoms with E-state index in [1.807, 2.05) is 9.47 Å². The number of amides is 2. The Morgan fingerprint density at radius 3 is 2.81 bits per heavy atom. The van der Waals surface area contributed by atoms with Crippen LogP contribution >= 0.6 is 0 Å². The van der Waals surface area contributed by atoms with Crippen LogP contribution in [0.3, 0.4) is 0 Å². The van der Waals surface area contributed by atoms with Crippen LogP contribution in [0.2, 0.25) is 0 Å². The van der Waals surface area contributed by atoms with Crippen molar-refractivity contribution in [3.05, 3.63) is 17.2 Å². The Hall–Kier alpha value is -1.89. The summed E-state index contributed by atoms with van der Waals surface area (Å²) in [7, 11) is 1.60. The van der Waals surface area contributed by atoms with Crippen LogP contribution in [0.4, 0.5) is 0 Å². The average Bonchev–Trinajstić information content (AvgIpc) is 3.07. The van der Waals surface area contributed by atoms with Gasteiger partial charge < -0.3 is 19.5 Å². The highest BCUT2D eigenvalue weighted by molar-refractivity contribution is 5.97. The molecule has 0 bridgehead atoms. The summed E-state index contributed by atoms with van der Waals surface area (Å²) in [5.41, 5.74) is 1.31. The molecule has 0 saturated carbocycles. The number of fused-ring (bicyclic) bond motifs is 1. The second-order valence-electron chi connectivity index (χ2n) is 7.14. The summed E-state index contributed by atoms with van der Waals surface area (Å²) in [6.07, 6.45) is 7.08. The van der Waals surface area contributed by atoms with Gasteiger partial charge in [-0.2, -0.15) is 0 Å². The molecule has 1 fully saturated rings. The Bertz CT molecular complexity index is 655. The van der Waals surface area contributed by atoms with Gasteiger partial charge in [-0.15, -0.1) is 0 Å². The number of imidazole rings is 1. The van der Waals surface area contributed by atoms with Gasteiger partial charge in [-0.05, 0) is 44.9 Å². The van der Waals surface area contributed by atoms with Crippen molar-refractivity contribution < 1.29 is 14.3 Å². The largest absolute Gasteiger partial charge is 0.383 e. The third-order valence-corrected chi connectivity index (χ3v) is 5.48. The molecule has 2 aliphatic rings. The van der Waals surface area contributed by atoms with E-state index in [-0.39, 0.29) is 17.9 Å². The summed E-state index contributed by atoms with van der Waals surface area (Å²) in [5.74, 6) is 0.213. The van der Waals surface area contributed by atoms with Crippen molar-refractivity contribution >= 4 is 11.8 Å². The number of nitrogens with zero attached hydrogens (tertiary/aromatic N) is 3. The Labute approximate surface area is 155 Å². The highest BCUT2D eigenvalue weighted by Gasteiger charge is 2.33. The number of hydrogen-bond donors (Lipinski definition) is 1. The molecule has 0 spiro atoms. The van der Waals surface area contributed by atoms with Crippen LogP contribution in [0.5, 0.6) is 0 Å². The normalized spacial score (nSPS) is 19.9. The average molecular weight is 362 g/mol. The van der Waals surface area contributed by atoms with E-state index in [0.717, 1.165) is 57.3 Å². The molecule has 7 nitrogen and oxygen atoms in total. The van der Waals surface area contributed by atoms with Crippen LogP contribution in [-0.2, 0) is 17.7 Å². The monoisotopic (exact) mass is 362 g/mol. The summed E-state index contributed by atoms with van der Waals surface area (Å²) in [4.78, 5) is 32.3. The van der Waals surface area contributed by atoms with Crippen molar-refractivity contribution in [2.45, 2.75) is 64.5 Å². The topological polar surface area (TPSA) is 76.5 Å². The number of ether oxygens (including phenoxy) is 1. The number of carbonyl (C=O) groups excluding carboxylic acids is 2. The van der Waals surface area contributed by atoms with Crippen LogP contribution in [-0.4, -0.2) is 59.1 Å². The van der Waals surface area contributed by atoms with Gasteiger partial charge in [0, 0.05) is 32.8 Å². The Kier molecular flexibility index (Phi) is 6.29. The second-order valence-corrected chi connectivity index (χ2v) is 7.14. The van der Waals surface area contributed by atoms with Crippen LogP contribution in [0, 0.1) is 0 Å². The minimum atomic E-state index is -0.211. The third kappa shape index (κ3) is 3.77. The lowest BCUT2D eigenvalue weighted by molar-refractivity contribution is 0.0589. The minimum absolute atomic E-state index is 0.0179. The molecule has 1 saturated heterocycles. The number of hydrogen-bond acceptors (Lipinski definition) is 4. The van der Waals surface area contributed by atoms with E-state index < -0.39 is 0 Å². The number of methoxy groups -OCH3 is 1. The summed E-state index contributed by atoms with van der Waals surface area (Å²) in [6.45, 7) is 4.58. The molecule has 2 amide bonds. The molecular formula is C19H30N4O3. The van der Waals surface area contributed by atoms with Gasteiger partial charge in [0.05, 0.1) is 12.3 Å². The highest BCUT2D eigenvalue weighted by atomic mass is 16.5. The van der Waals surface area contributed by atoms with E-state index in [1.54, 1.807) is 7.11 Å². The molecule has 0 radical (unpaired) electrons. The van der Waals surface area contributed by atoms with Gasteiger partial charge in [0.25, 0.3) is 11.8 Å². The van der Waals surface area contributed by atoms with Crippen LogP contribution in [0.1, 0.15) is 72.3 Å². The molecule has 144 valence electrons. The number of carbonyl (C=O) groups is 2. The van der Waals surface area contributed by atoms with E-state index in [1.165, 1.54) is 6.42 Å². The molecule has 0 aliphatic carbocycles. The van der Waals surface area contributed by atoms with Gasteiger partial charge in [0.1, 0.15) is 5.69 Å². The molecule has 1 N–H and O–H groups in total. The van der Waals surface area contributed by atoms with Crippen molar-refractivity contribution in [1.29, 1.82) is 0 Å². The first-order chi connectivity index (χ1) is 12.7. The smallest absolute Gasteiger partial charge is 0.290 e. The third-order valence-electron chi connectivity index (χ3n) is 5.48. The van der Waals surface area contributed by atoms with Crippen molar-refractivity contribution in [3.63, 3.8) is 0 Å². The van der Waals surface area contributed by atoms with E-state index >= 15 is 0 Å². The Morgan fingerprint density at radius 2 is 2.04 bits per heavy atom. The lowest BCUT2D eigenvalue weighted by Gasteiger charge is -2.35. The van der Waals surface area contributed by atoms with Crippen LogP contribution < -0.4 is 5.32 Å². The minimum Gasteiger partial charge on any atom is -0.383 e. The van der Waals surface area contributed by atoms with E-state index in [4.69, 9.17) is 4.74 Å². The predicted octanol–water partition coefficient (Wildman–Crippen LogP) is 2.00. The molecule has 1 unspecified atom stereocenters. The maximum Gasteiger partial charge on any atom is 0.290 e. The fraction of sp³-hybridized carbons (Fsp3) is 0.737. The molecule has 1 atom stereocenters. The Morgan fingerprint density at radius 1 is 1.23 bits per heavy atom. The second kappa shape index (κ2) is 8.66. The first-order valence-corrected chi connectivity index (χ1v) is 9.84. The molecular weight excluding hydrogens is 332 g/mol.